The van der Waals surface area contributed by atoms with Crippen LogP contribution in [0.1, 0.15) is 73.1 Å². The van der Waals surface area contributed by atoms with E-state index in [1.165, 1.54) is 38.5 Å². The van der Waals surface area contributed by atoms with Crippen molar-refractivity contribution in [3.63, 3.8) is 0 Å². The second kappa shape index (κ2) is 6.67. The molecule has 1 aliphatic rings. The maximum absolute atomic E-state index is 2.46. The van der Waals surface area contributed by atoms with Gasteiger partial charge in [-0.2, -0.15) is 0 Å². The molecule has 0 nitrogen and oxygen atoms in total. The molecule has 0 heterocycles. The molecule has 4 unspecified atom stereocenters. The van der Waals surface area contributed by atoms with Crippen molar-refractivity contribution in [3.8, 4) is 0 Å². The van der Waals surface area contributed by atoms with E-state index >= 15 is 0 Å². The van der Waals surface area contributed by atoms with Crippen molar-refractivity contribution in [1.29, 1.82) is 0 Å². The third-order valence-corrected chi connectivity index (χ3v) is 4.86. The fraction of sp³-hybridized carbons (Fsp3) is 1.00. The third kappa shape index (κ3) is 4.89. The summed E-state index contributed by atoms with van der Waals surface area (Å²) in [6, 6.07) is 0. The lowest BCUT2D eigenvalue weighted by atomic mass is 9.91. The summed E-state index contributed by atoms with van der Waals surface area (Å²) in [5, 5.41) is 0. The molecule has 1 fully saturated rings. The Morgan fingerprint density at radius 2 is 1.50 bits per heavy atom. The molecule has 1 aliphatic carbocycles. The molecule has 1 rings (SSSR count). The monoisotopic (exact) mass is 224 g/mol. The van der Waals surface area contributed by atoms with Crippen molar-refractivity contribution in [3.05, 3.63) is 0 Å². The topological polar surface area (TPSA) is 0 Å². The fourth-order valence-corrected chi connectivity index (χ4v) is 2.80. The molecule has 96 valence electrons. The Hall–Kier alpha value is 0. The lowest BCUT2D eigenvalue weighted by molar-refractivity contribution is 0.365. The van der Waals surface area contributed by atoms with Gasteiger partial charge in [-0.25, -0.2) is 0 Å². The van der Waals surface area contributed by atoms with E-state index in [0.717, 1.165) is 29.6 Å². The number of hydrogen-bond donors (Lipinski definition) is 0. The molecular formula is C16H32. The van der Waals surface area contributed by atoms with E-state index in [2.05, 4.69) is 34.6 Å². The molecule has 4 atom stereocenters. The largest absolute Gasteiger partial charge is 0.0625 e. The zero-order valence-electron chi connectivity index (χ0n) is 12.1. The van der Waals surface area contributed by atoms with Gasteiger partial charge in [0, 0.05) is 0 Å². The van der Waals surface area contributed by atoms with E-state index in [1.807, 2.05) is 0 Å². The summed E-state index contributed by atoms with van der Waals surface area (Å²) in [4.78, 5) is 0. The number of unbranched alkanes of at least 4 members (excludes halogenated alkanes) is 2. The summed E-state index contributed by atoms with van der Waals surface area (Å²) >= 11 is 0. The second-order valence-corrected chi connectivity index (χ2v) is 6.71. The summed E-state index contributed by atoms with van der Waals surface area (Å²) < 4.78 is 0. The SMILES string of the molecule is CC(C)C(C)CCCCCC(C)C1CC1C. The van der Waals surface area contributed by atoms with Gasteiger partial charge in [0.2, 0.25) is 0 Å². The van der Waals surface area contributed by atoms with Gasteiger partial charge in [0.05, 0.1) is 0 Å². The Morgan fingerprint density at radius 3 is 2.00 bits per heavy atom. The van der Waals surface area contributed by atoms with E-state index in [1.54, 1.807) is 0 Å². The minimum atomic E-state index is 0.867. The van der Waals surface area contributed by atoms with Gasteiger partial charge in [0.25, 0.3) is 0 Å². The lowest BCUT2D eigenvalue weighted by Gasteiger charge is -2.15. The van der Waals surface area contributed by atoms with Crippen LogP contribution in [0.2, 0.25) is 0 Å². The van der Waals surface area contributed by atoms with Gasteiger partial charge >= 0.3 is 0 Å². The lowest BCUT2D eigenvalue weighted by Crippen LogP contribution is -2.03. The zero-order valence-corrected chi connectivity index (χ0v) is 12.1. The first kappa shape index (κ1) is 14.1. The van der Waals surface area contributed by atoms with Crippen LogP contribution in [0.4, 0.5) is 0 Å². The van der Waals surface area contributed by atoms with E-state index in [0.29, 0.717) is 0 Å². The van der Waals surface area contributed by atoms with Crippen LogP contribution in [-0.2, 0) is 0 Å². The van der Waals surface area contributed by atoms with E-state index in [9.17, 15) is 0 Å². The normalized spacial score (nSPS) is 28.1. The molecule has 0 N–H and O–H groups in total. The smallest absolute Gasteiger partial charge is 0.0360 e. The van der Waals surface area contributed by atoms with Gasteiger partial charge in [-0.1, -0.05) is 66.7 Å². The van der Waals surface area contributed by atoms with E-state index < -0.39 is 0 Å². The zero-order chi connectivity index (χ0) is 12.1. The average Bonchev–Trinajstić information content (AvgIpc) is 2.94. The summed E-state index contributed by atoms with van der Waals surface area (Å²) in [7, 11) is 0. The summed E-state index contributed by atoms with van der Waals surface area (Å²) in [5.41, 5.74) is 0. The van der Waals surface area contributed by atoms with Crippen molar-refractivity contribution < 1.29 is 0 Å². The molecule has 0 aromatic heterocycles. The van der Waals surface area contributed by atoms with Crippen LogP contribution in [0.15, 0.2) is 0 Å². The van der Waals surface area contributed by atoms with Crippen LogP contribution in [-0.4, -0.2) is 0 Å². The van der Waals surface area contributed by atoms with Crippen LogP contribution in [0, 0.1) is 29.6 Å². The highest BCUT2D eigenvalue weighted by Gasteiger charge is 2.36. The highest BCUT2D eigenvalue weighted by Crippen LogP contribution is 2.45. The Kier molecular flexibility index (Phi) is 5.86. The van der Waals surface area contributed by atoms with Gasteiger partial charge in [-0.15, -0.1) is 0 Å². The predicted molar refractivity (Wildman–Crippen MR) is 73.5 cm³/mol. The Bertz CT molecular complexity index is 182. The number of rotatable bonds is 8. The molecule has 0 aromatic carbocycles. The van der Waals surface area contributed by atoms with Crippen LogP contribution in [0.5, 0.6) is 0 Å². The standard InChI is InChI=1S/C16H32/c1-12(2)13(3)9-7-6-8-10-14(4)16-11-15(16)5/h12-16H,6-11H2,1-5H3. The van der Waals surface area contributed by atoms with Gasteiger partial charge in [-0.05, 0) is 36.0 Å². The number of hydrogen-bond acceptors (Lipinski definition) is 0. The minimum absolute atomic E-state index is 0.867. The first-order chi connectivity index (χ1) is 7.52. The predicted octanol–water partition coefficient (Wildman–Crippen LogP) is 5.52. The maximum atomic E-state index is 2.46. The maximum Gasteiger partial charge on any atom is -0.0360 e. The quantitative estimate of drug-likeness (QED) is 0.476. The first-order valence-electron chi connectivity index (χ1n) is 7.52. The van der Waals surface area contributed by atoms with Gasteiger partial charge in [0.15, 0.2) is 0 Å². The van der Waals surface area contributed by atoms with Crippen LogP contribution in [0.25, 0.3) is 0 Å². The molecule has 0 amide bonds. The molecule has 0 aliphatic heterocycles. The Balaban J connectivity index is 1.92. The van der Waals surface area contributed by atoms with Crippen molar-refractivity contribution in [2.75, 3.05) is 0 Å². The molecule has 1 saturated carbocycles. The molecule has 16 heavy (non-hydrogen) atoms. The molecule has 0 spiro atoms. The summed E-state index contributed by atoms with van der Waals surface area (Å²) in [6.07, 6.45) is 8.80. The molecule has 0 heteroatoms. The van der Waals surface area contributed by atoms with Crippen molar-refractivity contribution in [2.45, 2.75) is 73.1 Å². The van der Waals surface area contributed by atoms with Crippen molar-refractivity contribution in [1.82, 2.24) is 0 Å². The van der Waals surface area contributed by atoms with Gasteiger partial charge < -0.3 is 0 Å². The molecule has 0 saturated heterocycles. The van der Waals surface area contributed by atoms with Crippen LogP contribution < -0.4 is 0 Å². The average molecular weight is 224 g/mol. The molecular weight excluding hydrogens is 192 g/mol. The highest BCUT2D eigenvalue weighted by molar-refractivity contribution is 4.86. The molecule has 0 bridgehead atoms. The van der Waals surface area contributed by atoms with Crippen LogP contribution >= 0.6 is 0 Å². The van der Waals surface area contributed by atoms with Crippen molar-refractivity contribution >= 4 is 0 Å². The van der Waals surface area contributed by atoms with E-state index in [-0.39, 0.29) is 0 Å². The summed E-state index contributed by atoms with van der Waals surface area (Å²) in [5.74, 6) is 4.90. The van der Waals surface area contributed by atoms with Gasteiger partial charge in [0.1, 0.15) is 0 Å². The Morgan fingerprint density at radius 1 is 0.938 bits per heavy atom. The second-order valence-electron chi connectivity index (χ2n) is 6.71. The van der Waals surface area contributed by atoms with Crippen molar-refractivity contribution in [2.24, 2.45) is 29.6 Å². The Labute approximate surface area is 103 Å². The fourth-order valence-electron chi connectivity index (χ4n) is 2.80. The molecule has 0 aromatic rings. The highest BCUT2D eigenvalue weighted by atomic mass is 14.4. The first-order valence-corrected chi connectivity index (χ1v) is 7.52. The van der Waals surface area contributed by atoms with Crippen LogP contribution in [0.3, 0.4) is 0 Å². The minimum Gasteiger partial charge on any atom is -0.0625 e. The molecule has 0 radical (unpaired) electrons. The van der Waals surface area contributed by atoms with E-state index in [4.69, 9.17) is 0 Å². The van der Waals surface area contributed by atoms with Gasteiger partial charge in [-0.3, -0.25) is 0 Å². The summed E-state index contributed by atoms with van der Waals surface area (Å²) in [6.45, 7) is 12.0. The third-order valence-electron chi connectivity index (χ3n) is 4.86.